The standard InChI is InChI=1S/C15H10N4O3S/c20-14(13-5-2-8-23-13)18-15-16-7-6-12(17-15)10-3-1-4-11(9-10)19(21)22/h1-9H,(H,16,17,18,20). The number of hydrogen-bond donors (Lipinski definition) is 1. The molecule has 0 aliphatic heterocycles. The smallest absolute Gasteiger partial charge is 0.270 e. The van der Waals surface area contributed by atoms with Crippen molar-refractivity contribution < 1.29 is 9.72 Å². The minimum absolute atomic E-state index is 0.0229. The number of nitrogens with one attached hydrogen (secondary N) is 1. The molecule has 0 bridgehead atoms. The number of nitro benzene ring substituents is 1. The lowest BCUT2D eigenvalue weighted by molar-refractivity contribution is -0.384. The first kappa shape index (κ1) is 14.8. The van der Waals surface area contributed by atoms with Crippen LogP contribution in [0.25, 0.3) is 11.3 Å². The molecule has 3 rings (SSSR count). The first-order chi connectivity index (χ1) is 11.1. The van der Waals surface area contributed by atoms with Crippen LogP contribution >= 0.6 is 11.3 Å². The molecule has 1 N–H and O–H groups in total. The summed E-state index contributed by atoms with van der Waals surface area (Å²) in [5, 5.41) is 15.3. The van der Waals surface area contributed by atoms with Gasteiger partial charge in [0.15, 0.2) is 0 Å². The van der Waals surface area contributed by atoms with Gasteiger partial charge in [-0.2, -0.15) is 0 Å². The average molecular weight is 326 g/mol. The second-order valence-corrected chi connectivity index (χ2v) is 5.45. The van der Waals surface area contributed by atoms with Gasteiger partial charge >= 0.3 is 0 Å². The second-order valence-electron chi connectivity index (χ2n) is 4.50. The normalized spacial score (nSPS) is 10.3. The van der Waals surface area contributed by atoms with Crippen LogP contribution in [0.2, 0.25) is 0 Å². The van der Waals surface area contributed by atoms with Gasteiger partial charge in [0.2, 0.25) is 5.95 Å². The second kappa shape index (κ2) is 6.32. The minimum Gasteiger partial charge on any atom is -0.290 e. The average Bonchev–Trinajstić information content (AvgIpc) is 3.10. The zero-order valence-corrected chi connectivity index (χ0v) is 12.5. The summed E-state index contributed by atoms with van der Waals surface area (Å²) in [6.45, 7) is 0. The largest absolute Gasteiger partial charge is 0.290 e. The Labute approximate surface area is 134 Å². The fraction of sp³-hybridized carbons (Fsp3) is 0. The maximum Gasteiger partial charge on any atom is 0.270 e. The van der Waals surface area contributed by atoms with Crippen molar-refractivity contribution in [1.29, 1.82) is 0 Å². The monoisotopic (exact) mass is 326 g/mol. The van der Waals surface area contributed by atoms with Gasteiger partial charge in [0.1, 0.15) is 0 Å². The number of benzene rings is 1. The van der Waals surface area contributed by atoms with E-state index in [9.17, 15) is 14.9 Å². The molecule has 0 saturated carbocycles. The van der Waals surface area contributed by atoms with Crippen molar-refractivity contribution in [2.75, 3.05) is 5.32 Å². The van der Waals surface area contributed by atoms with Crippen LogP contribution in [0, 0.1) is 10.1 Å². The summed E-state index contributed by atoms with van der Waals surface area (Å²) in [6, 6.07) is 11.2. The van der Waals surface area contributed by atoms with Gasteiger partial charge in [0, 0.05) is 23.9 Å². The summed E-state index contributed by atoms with van der Waals surface area (Å²) < 4.78 is 0. The van der Waals surface area contributed by atoms with Gasteiger partial charge in [-0.3, -0.25) is 20.2 Å². The topological polar surface area (TPSA) is 98.0 Å². The zero-order valence-electron chi connectivity index (χ0n) is 11.7. The van der Waals surface area contributed by atoms with Crippen LogP contribution < -0.4 is 5.32 Å². The number of amides is 1. The number of non-ortho nitro benzene ring substituents is 1. The van der Waals surface area contributed by atoms with Crippen LogP contribution in [0.4, 0.5) is 11.6 Å². The van der Waals surface area contributed by atoms with E-state index >= 15 is 0 Å². The Morgan fingerprint density at radius 2 is 2.09 bits per heavy atom. The number of thiophene rings is 1. The van der Waals surface area contributed by atoms with E-state index in [2.05, 4.69) is 15.3 Å². The molecular formula is C15H10N4O3S. The number of carbonyl (C=O) groups is 1. The molecular weight excluding hydrogens is 316 g/mol. The molecule has 0 spiro atoms. The molecule has 0 aliphatic carbocycles. The lowest BCUT2D eigenvalue weighted by atomic mass is 10.1. The Morgan fingerprint density at radius 1 is 1.22 bits per heavy atom. The third-order valence-corrected chi connectivity index (χ3v) is 3.85. The van der Waals surface area contributed by atoms with Crippen molar-refractivity contribution in [3.63, 3.8) is 0 Å². The molecule has 2 aromatic heterocycles. The number of nitro groups is 1. The first-order valence-electron chi connectivity index (χ1n) is 6.56. The Bertz CT molecular complexity index is 865. The Balaban J connectivity index is 1.86. The minimum atomic E-state index is -0.468. The first-order valence-corrected chi connectivity index (χ1v) is 7.44. The van der Waals surface area contributed by atoms with Crippen molar-refractivity contribution in [2.45, 2.75) is 0 Å². The predicted octanol–water partition coefficient (Wildman–Crippen LogP) is 3.37. The molecule has 0 aliphatic rings. The summed E-state index contributed by atoms with van der Waals surface area (Å²) in [5.41, 5.74) is 1.05. The molecule has 0 unspecified atom stereocenters. The molecule has 0 radical (unpaired) electrons. The molecule has 3 aromatic rings. The molecule has 0 atom stereocenters. The van der Waals surface area contributed by atoms with Gasteiger partial charge < -0.3 is 0 Å². The highest BCUT2D eigenvalue weighted by atomic mass is 32.1. The highest BCUT2D eigenvalue weighted by molar-refractivity contribution is 7.12. The number of hydrogen-bond acceptors (Lipinski definition) is 6. The van der Waals surface area contributed by atoms with Crippen LogP contribution in [0.15, 0.2) is 54.0 Å². The Hall–Kier alpha value is -3.13. The number of rotatable bonds is 4. The molecule has 0 saturated heterocycles. The number of anilines is 1. The van der Waals surface area contributed by atoms with Gasteiger partial charge in [-0.25, -0.2) is 9.97 Å². The maximum absolute atomic E-state index is 12.0. The fourth-order valence-corrected chi connectivity index (χ4v) is 2.55. The van der Waals surface area contributed by atoms with Crippen LogP contribution in [-0.2, 0) is 0 Å². The van der Waals surface area contributed by atoms with Gasteiger partial charge in [0.05, 0.1) is 15.5 Å². The Morgan fingerprint density at radius 3 is 2.83 bits per heavy atom. The van der Waals surface area contributed by atoms with E-state index in [0.717, 1.165) is 0 Å². The van der Waals surface area contributed by atoms with E-state index in [-0.39, 0.29) is 17.5 Å². The summed E-state index contributed by atoms with van der Waals surface area (Å²) in [4.78, 5) is 31.2. The molecule has 2 heterocycles. The third-order valence-electron chi connectivity index (χ3n) is 2.98. The van der Waals surface area contributed by atoms with E-state index < -0.39 is 4.92 Å². The van der Waals surface area contributed by atoms with Gasteiger partial charge in [0.25, 0.3) is 11.6 Å². The quantitative estimate of drug-likeness (QED) is 0.585. The van der Waals surface area contributed by atoms with E-state index in [1.165, 1.54) is 29.7 Å². The fourth-order valence-electron chi connectivity index (χ4n) is 1.93. The van der Waals surface area contributed by atoms with Gasteiger partial charge in [-0.1, -0.05) is 18.2 Å². The van der Waals surface area contributed by atoms with Crippen LogP contribution in [0.3, 0.4) is 0 Å². The lowest BCUT2D eigenvalue weighted by Gasteiger charge is -2.05. The summed E-state index contributed by atoms with van der Waals surface area (Å²) in [7, 11) is 0. The molecule has 1 aromatic carbocycles. The van der Waals surface area contributed by atoms with Crippen molar-refractivity contribution >= 4 is 28.9 Å². The molecule has 7 nitrogen and oxygen atoms in total. The van der Waals surface area contributed by atoms with Crippen molar-refractivity contribution in [2.24, 2.45) is 0 Å². The molecule has 1 amide bonds. The Kier molecular flexibility index (Phi) is 4.07. The highest BCUT2D eigenvalue weighted by Crippen LogP contribution is 2.22. The number of carbonyl (C=O) groups excluding carboxylic acids is 1. The van der Waals surface area contributed by atoms with Crippen LogP contribution in [-0.4, -0.2) is 20.8 Å². The SMILES string of the molecule is O=C(Nc1nccc(-c2cccc([N+](=O)[O-])c2)n1)c1cccs1. The highest BCUT2D eigenvalue weighted by Gasteiger charge is 2.11. The number of nitrogens with zero attached hydrogens (tertiary/aromatic N) is 3. The summed E-state index contributed by atoms with van der Waals surface area (Å²) in [6.07, 6.45) is 1.49. The maximum atomic E-state index is 12.0. The van der Waals surface area contributed by atoms with Crippen molar-refractivity contribution in [3.05, 3.63) is 69.0 Å². The van der Waals surface area contributed by atoms with E-state index in [1.54, 1.807) is 35.7 Å². The van der Waals surface area contributed by atoms with Crippen LogP contribution in [0.5, 0.6) is 0 Å². The van der Waals surface area contributed by atoms with E-state index in [1.807, 2.05) is 0 Å². The van der Waals surface area contributed by atoms with Crippen molar-refractivity contribution in [3.8, 4) is 11.3 Å². The molecule has 0 fully saturated rings. The van der Waals surface area contributed by atoms with E-state index in [4.69, 9.17) is 0 Å². The number of aromatic nitrogens is 2. The predicted molar refractivity (Wildman–Crippen MR) is 86.4 cm³/mol. The third kappa shape index (κ3) is 3.38. The summed E-state index contributed by atoms with van der Waals surface area (Å²) >= 11 is 1.31. The van der Waals surface area contributed by atoms with Crippen molar-refractivity contribution in [1.82, 2.24) is 9.97 Å². The van der Waals surface area contributed by atoms with Crippen LogP contribution in [0.1, 0.15) is 9.67 Å². The molecule has 114 valence electrons. The van der Waals surface area contributed by atoms with Gasteiger partial charge in [-0.15, -0.1) is 11.3 Å². The van der Waals surface area contributed by atoms with E-state index in [0.29, 0.717) is 16.1 Å². The molecule has 8 heteroatoms. The lowest BCUT2D eigenvalue weighted by Crippen LogP contribution is -2.12. The molecule has 23 heavy (non-hydrogen) atoms. The zero-order chi connectivity index (χ0) is 16.2. The summed E-state index contributed by atoms with van der Waals surface area (Å²) in [5.74, 6) is -0.149. The van der Waals surface area contributed by atoms with Gasteiger partial charge in [-0.05, 0) is 17.5 Å².